The van der Waals surface area contributed by atoms with Crippen molar-refractivity contribution in [2.45, 2.75) is 65.2 Å². The van der Waals surface area contributed by atoms with Gasteiger partial charge in [-0.25, -0.2) is 23.1 Å². The first kappa shape index (κ1) is 27.4. The number of hydrogen-bond donors (Lipinski definition) is 0. The van der Waals surface area contributed by atoms with Crippen LogP contribution in [0.3, 0.4) is 0 Å². The van der Waals surface area contributed by atoms with Crippen LogP contribution in [0.2, 0.25) is 0 Å². The third-order valence-corrected chi connectivity index (χ3v) is 7.42. The molecule has 1 unspecified atom stereocenters. The van der Waals surface area contributed by atoms with Crippen LogP contribution in [0.4, 0.5) is 8.78 Å². The van der Waals surface area contributed by atoms with Crippen LogP contribution in [0.1, 0.15) is 75.0 Å². The summed E-state index contributed by atoms with van der Waals surface area (Å²) in [6.07, 6.45) is 7.73. The van der Waals surface area contributed by atoms with Crippen molar-refractivity contribution in [3.05, 3.63) is 83.3 Å². The SMILES string of the molecule is CCCCc1cc[n+](C)c(-c2c(F)cc(F)cc2C(CC)(CC)C(C)COC(=O)c2ccccn2)c1. The number of carbonyl (C=O) groups is 1. The summed E-state index contributed by atoms with van der Waals surface area (Å²) in [7, 11) is 1.88. The summed E-state index contributed by atoms with van der Waals surface area (Å²) < 4.78 is 37.9. The summed E-state index contributed by atoms with van der Waals surface area (Å²) in [5, 5.41) is 0. The standard InChI is InChI=1S/C30H37F2N2O2/c1-6-9-12-22-14-16-34(5)27(17-22)28-24(18-23(31)19-25(28)32)30(7-2,8-3)21(4)20-36-29(35)26-13-10-11-15-33-26/h10-11,13-19,21H,6-9,12,20H2,1-5H3/q+1. The van der Waals surface area contributed by atoms with Crippen LogP contribution >= 0.6 is 0 Å². The molecular weight excluding hydrogens is 458 g/mol. The molecule has 1 aromatic carbocycles. The molecule has 6 heteroatoms. The van der Waals surface area contributed by atoms with Crippen LogP contribution in [-0.4, -0.2) is 17.6 Å². The highest BCUT2D eigenvalue weighted by Gasteiger charge is 2.40. The summed E-state index contributed by atoms with van der Waals surface area (Å²) in [5.74, 6) is -1.91. The van der Waals surface area contributed by atoms with Crippen molar-refractivity contribution < 1.29 is 22.9 Å². The Labute approximate surface area is 213 Å². The van der Waals surface area contributed by atoms with Crippen LogP contribution < -0.4 is 4.57 Å². The number of nitrogens with zero attached hydrogens (tertiary/aromatic N) is 2. The maximum Gasteiger partial charge on any atom is 0.356 e. The fraction of sp³-hybridized carbons (Fsp3) is 0.433. The molecule has 3 rings (SSSR count). The lowest BCUT2D eigenvalue weighted by Gasteiger charge is -2.39. The summed E-state index contributed by atoms with van der Waals surface area (Å²) in [4.78, 5) is 16.6. The first-order chi connectivity index (χ1) is 17.3. The minimum Gasteiger partial charge on any atom is -0.461 e. The molecule has 0 radical (unpaired) electrons. The van der Waals surface area contributed by atoms with Gasteiger partial charge < -0.3 is 4.74 Å². The zero-order chi connectivity index (χ0) is 26.3. The van der Waals surface area contributed by atoms with E-state index < -0.39 is 23.0 Å². The molecule has 1 atom stereocenters. The number of rotatable bonds is 11. The second-order valence-corrected chi connectivity index (χ2v) is 9.52. The van der Waals surface area contributed by atoms with Crippen molar-refractivity contribution >= 4 is 5.97 Å². The van der Waals surface area contributed by atoms with Gasteiger partial charge in [0.05, 0.1) is 12.2 Å². The molecular formula is C30H37F2N2O2+. The van der Waals surface area contributed by atoms with Gasteiger partial charge in [-0.2, -0.15) is 0 Å². The Morgan fingerprint density at radius 2 is 1.86 bits per heavy atom. The Balaban J connectivity index is 2.06. The van der Waals surface area contributed by atoms with Gasteiger partial charge in [-0.15, -0.1) is 0 Å². The molecule has 192 valence electrons. The Kier molecular flexibility index (Phi) is 9.30. The van der Waals surface area contributed by atoms with Crippen molar-refractivity contribution in [2.24, 2.45) is 13.0 Å². The smallest absolute Gasteiger partial charge is 0.356 e. The normalized spacial score (nSPS) is 12.4. The number of aryl methyl sites for hydroxylation is 2. The monoisotopic (exact) mass is 495 g/mol. The third-order valence-electron chi connectivity index (χ3n) is 7.42. The fourth-order valence-corrected chi connectivity index (χ4v) is 5.14. The predicted octanol–water partition coefficient (Wildman–Crippen LogP) is 6.74. The van der Waals surface area contributed by atoms with E-state index in [2.05, 4.69) is 11.9 Å². The molecule has 0 saturated heterocycles. The van der Waals surface area contributed by atoms with Crippen molar-refractivity contribution in [2.75, 3.05) is 6.61 Å². The zero-order valence-corrected chi connectivity index (χ0v) is 22.0. The number of unbranched alkanes of at least 4 members (excludes halogenated alkanes) is 1. The van der Waals surface area contributed by atoms with E-state index in [1.54, 1.807) is 24.4 Å². The molecule has 4 nitrogen and oxygen atoms in total. The number of ether oxygens (including phenoxy) is 1. The van der Waals surface area contributed by atoms with Crippen LogP contribution in [-0.2, 0) is 23.6 Å². The highest BCUT2D eigenvalue weighted by Crippen LogP contribution is 2.44. The second kappa shape index (κ2) is 12.2. The number of carbonyl (C=O) groups excluding carboxylic acids is 1. The molecule has 0 amide bonds. The molecule has 0 spiro atoms. The zero-order valence-electron chi connectivity index (χ0n) is 22.0. The highest BCUT2D eigenvalue weighted by molar-refractivity contribution is 5.87. The van der Waals surface area contributed by atoms with E-state index in [-0.39, 0.29) is 18.2 Å². The first-order valence-corrected chi connectivity index (χ1v) is 12.8. The summed E-state index contributed by atoms with van der Waals surface area (Å²) >= 11 is 0. The molecule has 0 saturated carbocycles. The van der Waals surface area contributed by atoms with Crippen molar-refractivity contribution in [1.29, 1.82) is 0 Å². The number of hydrogen-bond acceptors (Lipinski definition) is 3. The van der Waals surface area contributed by atoms with Gasteiger partial charge >= 0.3 is 5.97 Å². The maximum absolute atomic E-state index is 15.6. The number of halogens is 2. The average molecular weight is 496 g/mol. The molecule has 0 aliphatic rings. The second-order valence-electron chi connectivity index (χ2n) is 9.52. The van der Waals surface area contributed by atoms with E-state index in [0.717, 1.165) is 30.9 Å². The van der Waals surface area contributed by atoms with E-state index in [1.165, 1.54) is 6.07 Å². The third kappa shape index (κ3) is 5.80. The van der Waals surface area contributed by atoms with Crippen molar-refractivity contribution in [1.82, 2.24) is 4.98 Å². The van der Waals surface area contributed by atoms with Gasteiger partial charge in [0.25, 0.3) is 0 Å². The van der Waals surface area contributed by atoms with E-state index in [1.807, 2.05) is 50.7 Å². The number of aromatic nitrogens is 2. The van der Waals surface area contributed by atoms with Gasteiger partial charge in [-0.05, 0) is 60.9 Å². The molecule has 0 aliphatic carbocycles. The van der Waals surface area contributed by atoms with E-state index in [0.29, 0.717) is 29.7 Å². The molecule has 3 aromatic rings. The van der Waals surface area contributed by atoms with Gasteiger partial charge in [0.15, 0.2) is 6.20 Å². The van der Waals surface area contributed by atoms with E-state index >= 15 is 4.39 Å². The lowest BCUT2D eigenvalue weighted by molar-refractivity contribution is -0.660. The molecule has 0 aliphatic heterocycles. The Hall–Kier alpha value is -3.15. The minimum atomic E-state index is -0.616. The maximum atomic E-state index is 15.6. The van der Waals surface area contributed by atoms with Gasteiger partial charge in [-0.3, -0.25) is 0 Å². The van der Waals surface area contributed by atoms with Crippen molar-refractivity contribution in [3.63, 3.8) is 0 Å². The van der Waals surface area contributed by atoms with Crippen LogP contribution in [0.15, 0.2) is 54.9 Å². The summed E-state index contributed by atoms with van der Waals surface area (Å²) in [5.41, 5.74) is 2.46. The van der Waals surface area contributed by atoms with Crippen LogP contribution in [0, 0.1) is 17.6 Å². The largest absolute Gasteiger partial charge is 0.461 e. The fourth-order valence-electron chi connectivity index (χ4n) is 5.14. The Morgan fingerprint density at radius 3 is 2.50 bits per heavy atom. The molecule has 36 heavy (non-hydrogen) atoms. The van der Waals surface area contributed by atoms with Crippen molar-refractivity contribution in [3.8, 4) is 11.3 Å². The highest BCUT2D eigenvalue weighted by atomic mass is 19.1. The van der Waals surface area contributed by atoms with E-state index in [4.69, 9.17) is 4.74 Å². The minimum absolute atomic E-state index is 0.108. The Bertz CT molecular complexity index is 1180. The van der Waals surface area contributed by atoms with Gasteiger partial charge in [0.2, 0.25) is 5.69 Å². The van der Waals surface area contributed by atoms with E-state index in [9.17, 15) is 9.18 Å². The summed E-state index contributed by atoms with van der Waals surface area (Å²) in [6.45, 7) is 8.26. The predicted molar refractivity (Wildman–Crippen MR) is 138 cm³/mol. The summed E-state index contributed by atoms with van der Waals surface area (Å²) in [6, 6.07) is 11.5. The molecule has 0 bridgehead atoms. The van der Waals surface area contributed by atoms with Gasteiger partial charge in [-0.1, -0.05) is 40.2 Å². The van der Waals surface area contributed by atoms with Gasteiger partial charge in [0, 0.05) is 29.8 Å². The molecule has 2 heterocycles. The lowest BCUT2D eigenvalue weighted by atomic mass is 9.65. The van der Waals surface area contributed by atoms with Crippen LogP contribution in [0.5, 0.6) is 0 Å². The number of esters is 1. The molecule has 0 N–H and O–H groups in total. The average Bonchev–Trinajstić information content (AvgIpc) is 2.88. The van der Waals surface area contributed by atoms with Crippen LogP contribution in [0.25, 0.3) is 11.3 Å². The quantitative estimate of drug-likeness (QED) is 0.218. The topological polar surface area (TPSA) is 43.1 Å². The molecule has 0 fully saturated rings. The first-order valence-electron chi connectivity index (χ1n) is 12.8. The lowest BCUT2D eigenvalue weighted by Crippen LogP contribution is -2.38. The van der Waals surface area contributed by atoms with Gasteiger partial charge in [0.1, 0.15) is 24.4 Å². The number of benzene rings is 1. The molecule has 2 aromatic heterocycles. The number of pyridine rings is 2. The Morgan fingerprint density at radius 1 is 1.11 bits per heavy atom.